The van der Waals surface area contributed by atoms with Crippen LogP contribution in [0.4, 0.5) is 5.13 Å². The summed E-state index contributed by atoms with van der Waals surface area (Å²) < 4.78 is 36.8. The highest BCUT2D eigenvalue weighted by molar-refractivity contribution is 7.84. The minimum atomic E-state index is -4.93. The molecule has 4 N–H and O–H groups in total. The topological polar surface area (TPSA) is 191 Å². The molecule has 2 rings (SSSR count). The van der Waals surface area contributed by atoms with Crippen LogP contribution in [0.25, 0.3) is 0 Å². The number of hydrogen-bond donors (Lipinski definition) is 3. The van der Waals surface area contributed by atoms with Gasteiger partial charge in [-0.1, -0.05) is 5.16 Å². The van der Waals surface area contributed by atoms with Gasteiger partial charge in [0.15, 0.2) is 10.8 Å². The zero-order valence-corrected chi connectivity index (χ0v) is 16.3. The SMILES string of the molecule is CCOC(=O)C[C@H]1[C@H](NC(=O)/C(=N\OC)c2csc(N)n2)C(=O)N1S(=O)(=O)O. The molecule has 0 bridgehead atoms. The zero-order valence-electron chi connectivity index (χ0n) is 14.7. The quantitative estimate of drug-likeness (QED) is 0.143. The number of esters is 1. The number of amides is 2. The number of carbonyl (C=O) groups excluding carboxylic acids is 3. The molecule has 0 radical (unpaired) electrons. The molecule has 2 amide bonds. The summed E-state index contributed by atoms with van der Waals surface area (Å²) >= 11 is 1.03. The van der Waals surface area contributed by atoms with Crippen molar-refractivity contribution >= 4 is 50.3 Å². The van der Waals surface area contributed by atoms with Gasteiger partial charge in [-0.3, -0.25) is 18.9 Å². The van der Waals surface area contributed by atoms with Crippen molar-refractivity contribution in [1.82, 2.24) is 14.6 Å². The Morgan fingerprint density at radius 2 is 2.18 bits per heavy atom. The lowest BCUT2D eigenvalue weighted by Crippen LogP contribution is -2.72. The van der Waals surface area contributed by atoms with E-state index in [2.05, 4.69) is 20.3 Å². The Hall–Kier alpha value is -2.78. The monoisotopic (exact) mass is 435 g/mol. The van der Waals surface area contributed by atoms with Crippen molar-refractivity contribution in [3.63, 3.8) is 0 Å². The van der Waals surface area contributed by atoms with E-state index in [1.165, 1.54) is 19.4 Å². The Morgan fingerprint density at radius 1 is 1.50 bits per heavy atom. The number of oxime groups is 1. The number of nitrogens with two attached hydrogens (primary N) is 1. The number of β-lactam (4-membered cyclic amide) rings is 1. The maximum Gasteiger partial charge on any atom is 0.362 e. The molecule has 0 unspecified atom stereocenters. The lowest BCUT2D eigenvalue weighted by molar-refractivity contribution is -0.152. The van der Waals surface area contributed by atoms with Crippen molar-refractivity contribution in [2.75, 3.05) is 19.5 Å². The van der Waals surface area contributed by atoms with Gasteiger partial charge < -0.3 is 20.6 Å². The first kappa shape index (κ1) is 21.5. The maximum absolute atomic E-state index is 12.5. The average molecular weight is 435 g/mol. The highest BCUT2D eigenvalue weighted by atomic mass is 32.2. The molecule has 15 heteroatoms. The summed E-state index contributed by atoms with van der Waals surface area (Å²) in [7, 11) is -3.75. The van der Waals surface area contributed by atoms with Crippen LogP contribution < -0.4 is 11.1 Å². The maximum atomic E-state index is 12.5. The van der Waals surface area contributed by atoms with Crippen molar-refractivity contribution in [2.24, 2.45) is 5.16 Å². The van der Waals surface area contributed by atoms with Gasteiger partial charge in [0.1, 0.15) is 18.8 Å². The molecule has 1 fully saturated rings. The number of nitrogens with zero attached hydrogens (tertiary/aromatic N) is 3. The molecule has 0 spiro atoms. The second-order valence-corrected chi connectivity index (χ2v) is 7.51. The minimum Gasteiger partial charge on any atom is -0.466 e. The summed E-state index contributed by atoms with van der Waals surface area (Å²) in [5, 5.41) is 7.38. The van der Waals surface area contributed by atoms with Gasteiger partial charge in [0.25, 0.3) is 11.8 Å². The number of hydrogen-bond acceptors (Lipinski definition) is 11. The van der Waals surface area contributed by atoms with Crippen LogP contribution in [-0.2, 0) is 34.3 Å². The molecule has 154 valence electrons. The normalized spacial score (nSPS) is 19.8. The summed E-state index contributed by atoms with van der Waals surface area (Å²) in [5.41, 5.74) is 5.27. The van der Waals surface area contributed by atoms with Crippen LogP contribution >= 0.6 is 11.3 Å². The molecule has 1 aromatic heterocycles. The van der Waals surface area contributed by atoms with Gasteiger partial charge in [-0.15, -0.1) is 11.3 Å². The first-order chi connectivity index (χ1) is 13.1. The van der Waals surface area contributed by atoms with Gasteiger partial charge in [0, 0.05) is 5.38 Å². The van der Waals surface area contributed by atoms with E-state index in [9.17, 15) is 27.4 Å². The Morgan fingerprint density at radius 3 is 2.68 bits per heavy atom. The second-order valence-electron chi connectivity index (χ2n) is 5.33. The van der Waals surface area contributed by atoms with Crippen molar-refractivity contribution < 1.29 is 36.9 Å². The third-order valence-corrected chi connectivity index (χ3v) is 5.17. The molecule has 1 aliphatic rings. The van der Waals surface area contributed by atoms with Crippen LogP contribution in [0, 0.1) is 0 Å². The van der Waals surface area contributed by atoms with Crippen LogP contribution in [0.2, 0.25) is 0 Å². The van der Waals surface area contributed by atoms with E-state index >= 15 is 0 Å². The molecule has 0 aliphatic carbocycles. The van der Waals surface area contributed by atoms with E-state index in [1.54, 1.807) is 0 Å². The fourth-order valence-electron chi connectivity index (χ4n) is 2.45. The van der Waals surface area contributed by atoms with Gasteiger partial charge in [-0.25, -0.2) is 9.29 Å². The lowest BCUT2D eigenvalue weighted by Gasteiger charge is -2.43. The molecule has 2 atom stereocenters. The molecule has 1 aromatic rings. The molecule has 0 saturated carbocycles. The molecular weight excluding hydrogens is 418 g/mol. The fourth-order valence-corrected chi connectivity index (χ4v) is 3.88. The number of nitrogens with one attached hydrogen (secondary N) is 1. The summed E-state index contributed by atoms with van der Waals surface area (Å²) in [6.07, 6.45) is -0.565. The molecule has 2 heterocycles. The van der Waals surface area contributed by atoms with E-state index in [1.807, 2.05) is 0 Å². The van der Waals surface area contributed by atoms with Crippen LogP contribution in [0.1, 0.15) is 19.0 Å². The van der Waals surface area contributed by atoms with Gasteiger partial charge in [-0.05, 0) is 6.92 Å². The summed E-state index contributed by atoms with van der Waals surface area (Å²) in [4.78, 5) is 44.8. The van der Waals surface area contributed by atoms with Gasteiger partial charge >= 0.3 is 16.3 Å². The number of carbonyl (C=O) groups is 3. The molecule has 0 aromatic carbocycles. The molecule has 28 heavy (non-hydrogen) atoms. The lowest BCUT2D eigenvalue weighted by atomic mass is 9.95. The highest BCUT2D eigenvalue weighted by Gasteiger charge is 2.55. The molecule has 1 saturated heterocycles. The van der Waals surface area contributed by atoms with E-state index in [0.717, 1.165) is 11.3 Å². The van der Waals surface area contributed by atoms with Gasteiger partial charge in [-0.2, -0.15) is 8.42 Å². The number of nitrogen functional groups attached to an aromatic ring is 1. The van der Waals surface area contributed by atoms with Crippen LogP contribution in [-0.4, -0.2) is 71.6 Å². The standard InChI is InChI=1S/C13H17N5O8S2/c1-3-26-8(19)4-7-10(12(21)18(7)28(22,23)24)16-11(20)9(17-25-2)6-5-27-13(14)15-6/h5,7,10H,3-4H2,1-2H3,(H2,14,15)(H,16,20)(H,22,23,24)/b17-9-/t7-,10-/m0/s1. The minimum absolute atomic E-state index is 0.0261. The average Bonchev–Trinajstić information content (AvgIpc) is 3.02. The van der Waals surface area contributed by atoms with Crippen molar-refractivity contribution in [1.29, 1.82) is 0 Å². The third-order valence-electron chi connectivity index (χ3n) is 3.55. The first-order valence-electron chi connectivity index (χ1n) is 7.69. The largest absolute Gasteiger partial charge is 0.466 e. The molecule has 13 nitrogen and oxygen atoms in total. The first-order valence-corrected chi connectivity index (χ1v) is 9.97. The van der Waals surface area contributed by atoms with E-state index in [0.29, 0.717) is 0 Å². The molecule has 1 aliphatic heterocycles. The Kier molecular flexibility index (Phi) is 6.52. The van der Waals surface area contributed by atoms with Crippen molar-refractivity contribution in [2.45, 2.75) is 25.4 Å². The van der Waals surface area contributed by atoms with Crippen LogP contribution in [0.3, 0.4) is 0 Å². The number of aromatic nitrogens is 1. The summed E-state index contributed by atoms with van der Waals surface area (Å²) in [6.45, 7) is 1.56. The predicted octanol–water partition coefficient (Wildman–Crippen LogP) is -1.47. The third kappa shape index (κ3) is 4.55. The smallest absolute Gasteiger partial charge is 0.362 e. The zero-order chi connectivity index (χ0) is 21.1. The number of anilines is 1. The van der Waals surface area contributed by atoms with E-state index in [-0.39, 0.29) is 27.4 Å². The number of thiazole rings is 1. The van der Waals surface area contributed by atoms with Crippen LogP contribution in [0.15, 0.2) is 10.5 Å². The Balaban J connectivity index is 2.23. The highest BCUT2D eigenvalue weighted by Crippen LogP contribution is 2.27. The van der Waals surface area contributed by atoms with Crippen molar-refractivity contribution in [3.8, 4) is 0 Å². The van der Waals surface area contributed by atoms with Crippen molar-refractivity contribution in [3.05, 3.63) is 11.1 Å². The Bertz CT molecular complexity index is 912. The number of ether oxygens (including phenoxy) is 1. The predicted molar refractivity (Wildman–Crippen MR) is 95.4 cm³/mol. The van der Waals surface area contributed by atoms with Gasteiger partial charge in [0.2, 0.25) is 0 Å². The number of rotatable bonds is 8. The molecular formula is C13H17N5O8S2. The summed E-state index contributed by atoms with van der Waals surface area (Å²) in [5.74, 6) is -2.86. The van der Waals surface area contributed by atoms with E-state index < -0.39 is 46.6 Å². The van der Waals surface area contributed by atoms with Gasteiger partial charge in [0.05, 0.1) is 19.1 Å². The second kappa shape index (κ2) is 8.49. The van der Waals surface area contributed by atoms with E-state index in [4.69, 9.17) is 10.5 Å². The van der Waals surface area contributed by atoms with Crippen LogP contribution in [0.5, 0.6) is 0 Å². The fraction of sp³-hybridized carbons (Fsp3) is 0.462. The Labute approximate surface area is 163 Å². The summed E-state index contributed by atoms with van der Waals surface area (Å²) in [6, 6.07) is -2.79.